The Balaban J connectivity index is 2.16. The maximum atomic E-state index is 5.96. The molecule has 2 N–H and O–H groups in total. The van der Waals surface area contributed by atoms with Crippen molar-refractivity contribution in [2.24, 2.45) is 7.05 Å². The van der Waals surface area contributed by atoms with E-state index in [1.54, 1.807) is 0 Å². The van der Waals surface area contributed by atoms with E-state index in [0.717, 1.165) is 42.1 Å². The van der Waals surface area contributed by atoms with Gasteiger partial charge in [0, 0.05) is 19.0 Å². The van der Waals surface area contributed by atoms with Crippen molar-refractivity contribution >= 4 is 5.82 Å². The molecule has 0 spiro atoms. The lowest BCUT2D eigenvalue weighted by Gasteiger charge is -2.14. The zero-order valence-electron chi connectivity index (χ0n) is 10.7. The summed E-state index contributed by atoms with van der Waals surface area (Å²) < 4.78 is 9.18. The van der Waals surface area contributed by atoms with Crippen LogP contribution in [0.5, 0.6) is 0 Å². The highest BCUT2D eigenvalue weighted by atomic mass is 16.5. The van der Waals surface area contributed by atoms with Gasteiger partial charge in [0.25, 0.3) is 0 Å². The number of rotatable bonds is 2. The Morgan fingerprint density at radius 3 is 3.06 bits per heavy atom. The lowest BCUT2D eigenvalue weighted by Crippen LogP contribution is -2.13. The average molecular weight is 247 g/mol. The highest BCUT2D eigenvalue weighted by Gasteiger charge is 2.22. The Morgan fingerprint density at radius 2 is 2.28 bits per heavy atom. The second-order valence-corrected chi connectivity index (χ2v) is 4.51. The number of hydrogen-bond donors (Lipinski definition) is 1. The molecule has 0 aliphatic carbocycles. The molecule has 0 atom stereocenters. The van der Waals surface area contributed by atoms with Crippen LogP contribution in [0.4, 0.5) is 5.82 Å². The van der Waals surface area contributed by atoms with E-state index in [1.807, 2.05) is 22.6 Å². The van der Waals surface area contributed by atoms with Crippen molar-refractivity contribution in [3.63, 3.8) is 0 Å². The molecule has 0 radical (unpaired) electrons. The van der Waals surface area contributed by atoms with Gasteiger partial charge in [-0.1, -0.05) is 6.92 Å². The summed E-state index contributed by atoms with van der Waals surface area (Å²) in [5.41, 5.74) is 10.2. The third-order valence-corrected chi connectivity index (χ3v) is 3.30. The van der Waals surface area contributed by atoms with Gasteiger partial charge >= 0.3 is 0 Å². The summed E-state index contributed by atoms with van der Waals surface area (Å²) >= 11 is 0. The van der Waals surface area contributed by atoms with E-state index in [0.29, 0.717) is 12.4 Å². The van der Waals surface area contributed by atoms with Gasteiger partial charge in [0.1, 0.15) is 5.69 Å². The molecule has 1 aliphatic heterocycles. The van der Waals surface area contributed by atoms with Crippen molar-refractivity contribution in [2.45, 2.75) is 26.4 Å². The summed E-state index contributed by atoms with van der Waals surface area (Å²) in [6.45, 7) is 3.37. The number of ether oxygens (including phenoxy) is 1. The fraction of sp³-hybridized carbons (Fsp3) is 0.500. The van der Waals surface area contributed by atoms with Crippen LogP contribution in [0.3, 0.4) is 0 Å². The lowest BCUT2D eigenvalue weighted by atomic mass is 10.1. The summed E-state index contributed by atoms with van der Waals surface area (Å²) in [6, 6.07) is 0. The van der Waals surface area contributed by atoms with Crippen LogP contribution in [0, 0.1) is 0 Å². The molecule has 0 bridgehead atoms. The zero-order valence-corrected chi connectivity index (χ0v) is 10.7. The minimum Gasteiger partial charge on any atom is -0.382 e. The maximum Gasteiger partial charge on any atom is 0.151 e. The van der Waals surface area contributed by atoms with Crippen LogP contribution >= 0.6 is 0 Å². The van der Waals surface area contributed by atoms with E-state index in [2.05, 4.69) is 17.1 Å². The van der Waals surface area contributed by atoms with Gasteiger partial charge < -0.3 is 10.5 Å². The first-order chi connectivity index (χ1) is 8.70. The number of aromatic nitrogens is 4. The highest BCUT2D eigenvalue weighted by Crippen LogP contribution is 2.26. The number of nitrogens with zero attached hydrogens (tertiary/aromatic N) is 4. The summed E-state index contributed by atoms with van der Waals surface area (Å²) in [5.74, 6) is 0.565. The number of aryl methyl sites for hydroxylation is 2. The van der Waals surface area contributed by atoms with E-state index in [-0.39, 0.29) is 0 Å². The molecule has 1 aliphatic rings. The summed E-state index contributed by atoms with van der Waals surface area (Å²) in [5, 5.41) is 8.89. The zero-order chi connectivity index (χ0) is 12.7. The molecule has 6 heteroatoms. The van der Waals surface area contributed by atoms with Crippen molar-refractivity contribution in [1.29, 1.82) is 0 Å². The fourth-order valence-electron chi connectivity index (χ4n) is 2.41. The van der Waals surface area contributed by atoms with Gasteiger partial charge in [-0.2, -0.15) is 5.10 Å². The lowest BCUT2D eigenvalue weighted by molar-refractivity contribution is 0.110. The van der Waals surface area contributed by atoms with Crippen molar-refractivity contribution in [3.05, 3.63) is 23.1 Å². The second kappa shape index (κ2) is 4.13. The van der Waals surface area contributed by atoms with Crippen molar-refractivity contribution < 1.29 is 4.74 Å². The molecule has 2 aromatic rings. The van der Waals surface area contributed by atoms with Gasteiger partial charge in [-0.05, 0) is 6.42 Å². The van der Waals surface area contributed by atoms with Crippen molar-refractivity contribution in [1.82, 2.24) is 19.6 Å². The molecule has 0 unspecified atom stereocenters. The van der Waals surface area contributed by atoms with Crippen LogP contribution in [0.1, 0.15) is 23.9 Å². The number of nitrogen functional groups attached to an aromatic ring is 1. The van der Waals surface area contributed by atoms with E-state index in [9.17, 15) is 0 Å². The molecular formula is C12H17N5O. The van der Waals surface area contributed by atoms with Gasteiger partial charge in [-0.25, -0.2) is 4.68 Å². The fourth-order valence-corrected chi connectivity index (χ4v) is 2.41. The van der Waals surface area contributed by atoms with Crippen LogP contribution in [0.2, 0.25) is 0 Å². The minimum atomic E-state index is 0.558. The number of fused-ring (bicyclic) bond motifs is 1. The van der Waals surface area contributed by atoms with Gasteiger partial charge in [0.05, 0.1) is 30.8 Å². The second-order valence-electron chi connectivity index (χ2n) is 4.51. The monoisotopic (exact) mass is 247 g/mol. The Bertz CT molecular complexity index is 584. The molecule has 0 saturated heterocycles. The quantitative estimate of drug-likeness (QED) is 0.853. The van der Waals surface area contributed by atoms with Crippen LogP contribution in [-0.2, 0) is 31.2 Å². The van der Waals surface area contributed by atoms with Gasteiger partial charge in [0.2, 0.25) is 0 Å². The van der Waals surface area contributed by atoms with E-state index in [1.165, 1.54) is 0 Å². The molecule has 0 fully saturated rings. The third kappa shape index (κ3) is 1.60. The first-order valence-corrected chi connectivity index (χ1v) is 6.17. The van der Waals surface area contributed by atoms with Crippen molar-refractivity contribution in [3.8, 4) is 5.69 Å². The number of nitrogens with two attached hydrogens (primary N) is 1. The Hall–Kier alpha value is -1.82. The molecule has 3 rings (SSSR count). The number of anilines is 1. The van der Waals surface area contributed by atoms with Gasteiger partial charge in [-0.15, -0.1) is 5.10 Å². The summed E-state index contributed by atoms with van der Waals surface area (Å²) in [6.07, 6.45) is 3.71. The average Bonchev–Trinajstić information content (AvgIpc) is 2.91. The standard InChI is InChI=1S/C12H17N5O/c1-3-9-11(6-16(2)14-9)17-10-4-5-18-7-8(10)12(13)15-17/h6H,3-5,7H2,1-2H3,(H2,13,15). The smallest absolute Gasteiger partial charge is 0.151 e. The van der Waals surface area contributed by atoms with Crippen molar-refractivity contribution in [2.75, 3.05) is 12.3 Å². The normalized spacial score (nSPS) is 14.8. The topological polar surface area (TPSA) is 70.9 Å². The SMILES string of the molecule is CCc1nn(C)cc1-n1nc(N)c2c1CCOC2. The molecule has 0 saturated carbocycles. The molecule has 6 nitrogen and oxygen atoms in total. The maximum absolute atomic E-state index is 5.96. The van der Waals surface area contributed by atoms with Crippen LogP contribution in [0.25, 0.3) is 5.69 Å². The Kier molecular flexibility index (Phi) is 2.59. The molecule has 0 aromatic carbocycles. The molecule has 0 amide bonds. The third-order valence-electron chi connectivity index (χ3n) is 3.30. The Morgan fingerprint density at radius 1 is 1.44 bits per heavy atom. The first-order valence-electron chi connectivity index (χ1n) is 6.17. The largest absolute Gasteiger partial charge is 0.382 e. The van der Waals surface area contributed by atoms with Crippen LogP contribution < -0.4 is 5.73 Å². The van der Waals surface area contributed by atoms with E-state index < -0.39 is 0 Å². The van der Waals surface area contributed by atoms with Crippen LogP contribution in [-0.4, -0.2) is 26.2 Å². The first kappa shape index (κ1) is 11.3. The Labute approximate surface area is 105 Å². The highest BCUT2D eigenvalue weighted by molar-refractivity contribution is 5.48. The number of hydrogen-bond acceptors (Lipinski definition) is 4. The van der Waals surface area contributed by atoms with Gasteiger partial charge in [0.15, 0.2) is 5.82 Å². The van der Waals surface area contributed by atoms with Crippen LogP contribution in [0.15, 0.2) is 6.20 Å². The van der Waals surface area contributed by atoms with E-state index >= 15 is 0 Å². The molecule has 2 aromatic heterocycles. The molecular weight excluding hydrogens is 230 g/mol. The molecule has 18 heavy (non-hydrogen) atoms. The minimum absolute atomic E-state index is 0.558. The molecule has 96 valence electrons. The summed E-state index contributed by atoms with van der Waals surface area (Å²) in [7, 11) is 1.92. The van der Waals surface area contributed by atoms with Gasteiger partial charge in [-0.3, -0.25) is 4.68 Å². The molecule has 3 heterocycles. The predicted molar refractivity (Wildman–Crippen MR) is 67.5 cm³/mol. The van der Waals surface area contributed by atoms with E-state index in [4.69, 9.17) is 10.5 Å². The predicted octanol–water partition coefficient (Wildman–Crippen LogP) is 0.823. The summed E-state index contributed by atoms with van der Waals surface area (Å²) in [4.78, 5) is 0.